The summed E-state index contributed by atoms with van der Waals surface area (Å²) in [7, 11) is 0. The summed E-state index contributed by atoms with van der Waals surface area (Å²) >= 11 is 0. The van der Waals surface area contributed by atoms with Gasteiger partial charge in [0.2, 0.25) is 0 Å². The lowest BCUT2D eigenvalue weighted by Crippen LogP contribution is -2.24. The first-order chi connectivity index (χ1) is 10.5. The average Bonchev–Trinajstić information content (AvgIpc) is 2.53. The molecule has 0 aliphatic carbocycles. The molecule has 0 amide bonds. The Hall–Kier alpha value is -2.66. The molecule has 2 nitrogen and oxygen atoms in total. The average molecular weight is 290 g/mol. The zero-order valence-corrected chi connectivity index (χ0v) is 12.8. The third-order valence-electron chi connectivity index (χ3n) is 3.63. The van der Waals surface area contributed by atoms with Gasteiger partial charge < -0.3 is 0 Å². The van der Waals surface area contributed by atoms with Crippen molar-refractivity contribution in [3.63, 3.8) is 0 Å². The molecular weight excluding hydrogens is 272 g/mol. The third kappa shape index (κ3) is 3.51. The quantitative estimate of drug-likeness (QED) is 0.474. The molecule has 0 unspecified atom stereocenters. The van der Waals surface area contributed by atoms with Gasteiger partial charge in [0.1, 0.15) is 0 Å². The highest BCUT2D eigenvalue weighted by molar-refractivity contribution is 6.16. The molecule has 2 rings (SSSR count). The number of Topliss-reactive ketones (excluding diaryl/α,β-unsaturated/α-hetero) is 2. The van der Waals surface area contributed by atoms with Gasteiger partial charge >= 0.3 is 0 Å². The van der Waals surface area contributed by atoms with Crippen LogP contribution >= 0.6 is 0 Å². The standard InChI is InChI=1S/C20H18O2/c1-4-5-18(19(21)16-10-6-14(2)7-11-16)20(22)17-12-8-15(3)9-13-17/h1,6-13,18H,5H2,2-3H3. The summed E-state index contributed by atoms with van der Waals surface area (Å²) in [5, 5.41) is 0. The van der Waals surface area contributed by atoms with E-state index in [1.165, 1.54) is 0 Å². The topological polar surface area (TPSA) is 34.1 Å². The molecule has 0 spiro atoms. The Balaban J connectivity index is 2.31. The fourth-order valence-corrected chi connectivity index (χ4v) is 2.26. The van der Waals surface area contributed by atoms with Crippen molar-refractivity contribution in [2.24, 2.45) is 5.92 Å². The molecule has 0 fully saturated rings. The van der Waals surface area contributed by atoms with E-state index in [1.807, 2.05) is 38.1 Å². The zero-order valence-electron chi connectivity index (χ0n) is 12.8. The summed E-state index contributed by atoms with van der Waals surface area (Å²) in [6, 6.07) is 14.4. The number of rotatable bonds is 5. The monoisotopic (exact) mass is 290 g/mol. The van der Waals surface area contributed by atoms with Crippen molar-refractivity contribution >= 4 is 11.6 Å². The molecule has 2 aromatic carbocycles. The molecule has 0 saturated heterocycles. The van der Waals surface area contributed by atoms with Crippen molar-refractivity contribution < 1.29 is 9.59 Å². The highest BCUT2D eigenvalue weighted by Gasteiger charge is 2.27. The number of terminal acetylenes is 1. The van der Waals surface area contributed by atoms with Crippen molar-refractivity contribution in [3.05, 3.63) is 70.8 Å². The SMILES string of the molecule is C#CCC(C(=O)c1ccc(C)cc1)C(=O)c1ccc(C)cc1. The van der Waals surface area contributed by atoms with Crippen molar-refractivity contribution in [1.82, 2.24) is 0 Å². The molecule has 110 valence electrons. The molecule has 0 aliphatic rings. The molecular formula is C20H18O2. The lowest BCUT2D eigenvalue weighted by Gasteiger charge is -2.13. The zero-order chi connectivity index (χ0) is 16.1. The highest BCUT2D eigenvalue weighted by atomic mass is 16.1. The smallest absolute Gasteiger partial charge is 0.174 e. The van der Waals surface area contributed by atoms with Gasteiger partial charge in [0, 0.05) is 17.5 Å². The van der Waals surface area contributed by atoms with Gasteiger partial charge in [0.25, 0.3) is 0 Å². The van der Waals surface area contributed by atoms with Crippen LogP contribution in [0, 0.1) is 32.1 Å². The Morgan fingerprint density at radius 3 is 1.55 bits per heavy atom. The predicted molar refractivity (Wildman–Crippen MR) is 88.0 cm³/mol. The van der Waals surface area contributed by atoms with Crippen LogP contribution in [0.2, 0.25) is 0 Å². The maximum absolute atomic E-state index is 12.6. The number of aryl methyl sites for hydroxylation is 2. The molecule has 0 saturated carbocycles. The van der Waals surface area contributed by atoms with Crippen LogP contribution in [0.15, 0.2) is 48.5 Å². The van der Waals surface area contributed by atoms with E-state index in [2.05, 4.69) is 5.92 Å². The van der Waals surface area contributed by atoms with E-state index < -0.39 is 5.92 Å². The van der Waals surface area contributed by atoms with Crippen molar-refractivity contribution in [2.45, 2.75) is 20.3 Å². The first-order valence-corrected chi connectivity index (χ1v) is 7.18. The van der Waals surface area contributed by atoms with Gasteiger partial charge in [0.05, 0.1) is 5.92 Å². The Bertz CT molecular complexity index is 658. The second-order valence-corrected chi connectivity index (χ2v) is 5.42. The van der Waals surface area contributed by atoms with Crippen LogP contribution in [0.3, 0.4) is 0 Å². The van der Waals surface area contributed by atoms with Crippen LogP contribution in [-0.4, -0.2) is 11.6 Å². The minimum absolute atomic E-state index is 0.111. The van der Waals surface area contributed by atoms with E-state index in [9.17, 15) is 9.59 Å². The van der Waals surface area contributed by atoms with Crippen LogP contribution in [0.25, 0.3) is 0 Å². The predicted octanol–water partition coefficient (Wildman–Crippen LogP) is 4.01. The molecule has 2 aromatic rings. The number of hydrogen-bond acceptors (Lipinski definition) is 2. The minimum Gasteiger partial charge on any atom is -0.293 e. The van der Waals surface area contributed by atoms with Gasteiger partial charge in [-0.25, -0.2) is 0 Å². The van der Waals surface area contributed by atoms with Gasteiger partial charge in [-0.15, -0.1) is 12.3 Å². The van der Waals surface area contributed by atoms with Crippen LogP contribution < -0.4 is 0 Å². The normalized spacial score (nSPS) is 10.3. The molecule has 0 radical (unpaired) electrons. The molecule has 2 heteroatoms. The number of ketones is 2. The lowest BCUT2D eigenvalue weighted by molar-refractivity contribution is 0.0810. The van der Waals surface area contributed by atoms with Crippen LogP contribution in [0.4, 0.5) is 0 Å². The molecule has 0 heterocycles. The summed E-state index contributed by atoms with van der Waals surface area (Å²) in [5.74, 6) is 1.19. The summed E-state index contributed by atoms with van der Waals surface area (Å²) in [6.07, 6.45) is 5.47. The van der Waals surface area contributed by atoms with Crippen molar-refractivity contribution in [2.75, 3.05) is 0 Å². The summed E-state index contributed by atoms with van der Waals surface area (Å²) in [5.41, 5.74) is 3.17. The van der Waals surface area contributed by atoms with Crippen LogP contribution in [0.5, 0.6) is 0 Å². The summed E-state index contributed by atoms with van der Waals surface area (Å²) in [4.78, 5) is 25.2. The van der Waals surface area contributed by atoms with Gasteiger partial charge in [-0.3, -0.25) is 9.59 Å². The molecule has 22 heavy (non-hydrogen) atoms. The molecule has 0 aliphatic heterocycles. The Morgan fingerprint density at radius 2 is 1.23 bits per heavy atom. The molecule has 0 aromatic heterocycles. The fraction of sp³-hybridized carbons (Fsp3) is 0.200. The first kappa shape index (κ1) is 15.7. The Morgan fingerprint density at radius 1 is 0.864 bits per heavy atom. The van der Waals surface area contributed by atoms with Crippen molar-refractivity contribution in [3.8, 4) is 12.3 Å². The van der Waals surface area contributed by atoms with E-state index in [4.69, 9.17) is 6.42 Å². The Labute approximate surface area is 131 Å². The Kier molecular flexibility index (Phi) is 4.91. The molecule has 0 bridgehead atoms. The van der Waals surface area contributed by atoms with Crippen molar-refractivity contribution in [1.29, 1.82) is 0 Å². The lowest BCUT2D eigenvalue weighted by atomic mass is 9.87. The maximum Gasteiger partial charge on any atom is 0.174 e. The number of carbonyl (C=O) groups is 2. The van der Waals surface area contributed by atoms with E-state index >= 15 is 0 Å². The second kappa shape index (κ2) is 6.87. The highest BCUT2D eigenvalue weighted by Crippen LogP contribution is 2.19. The maximum atomic E-state index is 12.6. The van der Waals surface area contributed by atoms with E-state index in [-0.39, 0.29) is 18.0 Å². The summed E-state index contributed by atoms with van der Waals surface area (Å²) < 4.78 is 0. The van der Waals surface area contributed by atoms with Crippen LogP contribution in [-0.2, 0) is 0 Å². The first-order valence-electron chi connectivity index (χ1n) is 7.18. The minimum atomic E-state index is -0.824. The summed E-state index contributed by atoms with van der Waals surface area (Å²) in [6.45, 7) is 3.90. The number of carbonyl (C=O) groups excluding carboxylic acids is 2. The number of hydrogen-bond donors (Lipinski definition) is 0. The molecule has 0 N–H and O–H groups in total. The van der Waals surface area contributed by atoms with Gasteiger partial charge in [-0.05, 0) is 13.8 Å². The fourth-order valence-electron chi connectivity index (χ4n) is 2.26. The van der Waals surface area contributed by atoms with E-state index in [0.29, 0.717) is 11.1 Å². The largest absolute Gasteiger partial charge is 0.293 e. The molecule has 0 atom stereocenters. The number of benzene rings is 2. The second-order valence-electron chi connectivity index (χ2n) is 5.42. The van der Waals surface area contributed by atoms with Gasteiger partial charge in [-0.1, -0.05) is 59.7 Å². The van der Waals surface area contributed by atoms with Gasteiger partial charge in [0.15, 0.2) is 11.6 Å². The third-order valence-corrected chi connectivity index (χ3v) is 3.63. The van der Waals surface area contributed by atoms with E-state index in [0.717, 1.165) is 11.1 Å². The van der Waals surface area contributed by atoms with E-state index in [1.54, 1.807) is 24.3 Å². The van der Waals surface area contributed by atoms with Gasteiger partial charge in [-0.2, -0.15) is 0 Å². The van der Waals surface area contributed by atoms with Crippen LogP contribution in [0.1, 0.15) is 38.3 Å².